The number of hydrogen-bond donors (Lipinski definition) is 2. The van der Waals surface area contributed by atoms with Gasteiger partial charge in [-0.1, -0.05) is 12.1 Å². The molecule has 0 amide bonds. The average Bonchev–Trinajstić information content (AvgIpc) is 3.12. The Morgan fingerprint density at radius 2 is 2.21 bits per heavy atom. The van der Waals surface area contributed by atoms with Gasteiger partial charge in [-0.25, -0.2) is 0 Å². The van der Waals surface area contributed by atoms with Crippen LogP contribution in [0.2, 0.25) is 0 Å². The maximum atomic E-state index is 3.77. The summed E-state index contributed by atoms with van der Waals surface area (Å²) in [4.78, 5) is 5.95. The van der Waals surface area contributed by atoms with Crippen molar-refractivity contribution in [3.63, 3.8) is 0 Å². The number of aromatic amines is 1. The minimum atomic E-state index is 0.696. The molecule has 0 radical (unpaired) electrons. The molecule has 3 heteroatoms. The van der Waals surface area contributed by atoms with Gasteiger partial charge >= 0.3 is 0 Å². The summed E-state index contributed by atoms with van der Waals surface area (Å²) in [7, 11) is 0. The highest BCUT2D eigenvalue weighted by molar-refractivity contribution is 5.79. The van der Waals surface area contributed by atoms with Gasteiger partial charge in [0, 0.05) is 36.9 Å². The van der Waals surface area contributed by atoms with Crippen LogP contribution in [0.4, 0.5) is 0 Å². The third kappa shape index (κ3) is 2.07. The average molecular weight is 255 g/mol. The highest BCUT2D eigenvalue weighted by Gasteiger charge is 2.36. The van der Waals surface area contributed by atoms with E-state index in [1.165, 1.54) is 48.8 Å². The molecule has 2 N–H and O–H groups in total. The molecule has 19 heavy (non-hydrogen) atoms. The SMILES string of the molecule is c1cc2ccc(CNC3CCN4CCCC34)cc2[nH]1. The zero-order valence-electron chi connectivity index (χ0n) is 11.2. The fourth-order valence-electron chi connectivity index (χ4n) is 3.77. The molecule has 2 fully saturated rings. The molecule has 0 spiro atoms. The van der Waals surface area contributed by atoms with E-state index in [4.69, 9.17) is 0 Å². The van der Waals surface area contributed by atoms with Gasteiger partial charge in [-0.3, -0.25) is 4.90 Å². The van der Waals surface area contributed by atoms with E-state index in [2.05, 4.69) is 39.5 Å². The van der Waals surface area contributed by atoms with E-state index in [0.717, 1.165) is 12.6 Å². The van der Waals surface area contributed by atoms with E-state index in [1.807, 2.05) is 6.20 Å². The summed E-state index contributed by atoms with van der Waals surface area (Å²) in [5.41, 5.74) is 2.62. The standard InChI is InChI=1S/C16H21N3/c1-2-16-14(6-9-19(16)8-1)18-11-12-3-4-13-5-7-17-15(13)10-12/h3-5,7,10,14,16-18H,1-2,6,8-9,11H2. The largest absolute Gasteiger partial charge is 0.361 e. The predicted octanol–water partition coefficient (Wildman–Crippen LogP) is 2.49. The molecule has 100 valence electrons. The molecule has 1 aromatic carbocycles. The van der Waals surface area contributed by atoms with E-state index < -0.39 is 0 Å². The molecule has 4 rings (SSSR count). The molecule has 2 atom stereocenters. The maximum Gasteiger partial charge on any atom is 0.0457 e. The van der Waals surface area contributed by atoms with E-state index in [-0.39, 0.29) is 0 Å². The monoisotopic (exact) mass is 255 g/mol. The number of benzene rings is 1. The molecular weight excluding hydrogens is 234 g/mol. The first-order valence-electron chi connectivity index (χ1n) is 7.43. The van der Waals surface area contributed by atoms with E-state index in [0.29, 0.717) is 6.04 Å². The maximum absolute atomic E-state index is 3.77. The number of nitrogens with one attached hydrogen (secondary N) is 2. The topological polar surface area (TPSA) is 31.1 Å². The number of nitrogens with zero attached hydrogens (tertiary/aromatic N) is 1. The normalized spacial score (nSPS) is 27.2. The number of H-pyrrole nitrogens is 1. The summed E-state index contributed by atoms with van der Waals surface area (Å²) in [5, 5.41) is 5.07. The molecule has 3 nitrogen and oxygen atoms in total. The first-order valence-corrected chi connectivity index (χ1v) is 7.43. The van der Waals surface area contributed by atoms with Gasteiger partial charge in [0.1, 0.15) is 0 Å². The van der Waals surface area contributed by atoms with Gasteiger partial charge in [0.15, 0.2) is 0 Å². The molecule has 0 bridgehead atoms. The molecule has 2 aromatic rings. The Morgan fingerprint density at radius 3 is 3.21 bits per heavy atom. The lowest BCUT2D eigenvalue weighted by atomic mass is 10.1. The quantitative estimate of drug-likeness (QED) is 0.883. The van der Waals surface area contributed by atoms with Crippen molar-refractivity contribution in [3.8, 4) is 0 Å². The van der Waals surface area contributed by atoms with Gasteiger partial charge in [-0.2, -0.15) is 0 Å². The van der Waals surface area contributed by atoms with Crippen molar-refractivity contribution in [1.29, 1.82) is 0 Å². The Balaban J connectivity index is 1.44. The third-order valence-electron chi connectivity index (χ3n) is 4.79. The summed E-state index contributed by atoms with van der Waals surface area (Å²) >= 11 is 0. The van der Waals surface area contributed by atoms with Crippen molar-refractivity contribution in [1.82, 2.24) is 15.2 Å². The number of aromatic nitrogens is 1. The zero-order valence-corrected chi connectivity index (χ0v) is 11.2. The summed E-state index contributed by atoms with van der Waals surface area (Å²) in [6, 6.07) is 10.3. The van der Waals surface area contributed by atoms with Crippen LogP contribution in [-0.2, 0) is 6.54 Å². The zero-order chi connectivity index (χ0) is 12.7. The third-order valence-corrected chi connectivity index (χ3v) is 4.79. The molecule has 0 saturated carbocycles. The van der Waals surface area contributed by atoms with Crippen molar-refractivity contribution >= 4 is 10.9 Å². The Bertz CT molecular complexity index is 574. The Kier molecular flexibility index (Phi) is 2.82. The van der Waals surface area contributed by atoms with E-state index >= 15 is 0 Å². The molecular formula is C16H21N3. The first-order chi connectivity index (χ1) is 9.40. The van der Waals surface area contributed by atoms with Crippen molar-refractivity contribution in [3.05, 3.63) is 36.0 Å². The minimum Gasteiger partial charge on any atom is -0.361 e. The number of rotatable bonds is 3. The molecule has 0 aliphatic carbocycles. The second-order valence-corrected chi connectivity index (χ2v) is 5.92. The van der Waals surface area contributed by atoms with Crippen molar-refractivity contribution in [2.45, 2.75) is 37.9 Å². The Morgan fingerprint density at radius 1 is 1.21 bits per heavy atom. The van der Waals surface area contributed by atoms with Gasteiger partial charge in [0.25, 0.3) is 0 Å². The molecule has 2 unspecified atom stereocenters. The smallest absolute Gasteiger partial charge is 0.0457 e. The van der Waals surface area contributed by atoms with Crippen LogP contribution in [0.3, 0.4) is 0 Å². The Labute approximate surface area is 114 Å². The fourth-order valence-corrected chi connectivity index (χ4v) is 3.77. The molecule has 3 heterocycles. The van der Waals surface area contributed by atoms with Crippen LogP contribution >= 0.6 is 0 Å². The predicted molar refractivity (Wildman–Crippen MR) is 78.1 cm³/mol. The van der Waals surface area contributed by atoms with Crippen molar-refractivity contribution in [2.24, 2.45) is 0 Å². The molecule has 2 saturated heterocycles. The van der Waals surface area contributed by atoms with Crippen LogP contribution in [0.1, 0.15) is 24.8 Å². The summed E-state index contributed by atoms with van der Waals surface area (Å²) in [6.45, 7) is 3.60. The van der Waals surface area contributed by atoms with Crippen LogP contribution in [-0.4, -0.2) is 35.1 Å². The second kappa shape index (κ2) is 4.66. The van der Waals surface area contributed by atoms with Crippen LogP contribution in [0.15, 0.2) is 30.5 Å². The van der Waals surface area contributed by atoms with Gasteiger partial charge < -0.3 is 10.3 Å². The second-order valence-electron chi connectivity index (χ2n) is 5.92. The van der Waals surface area contributed by atoms with Crippen molar-refractivity contribution in [2.75, 3.05) is 13.1 Å². The van der Waals surface area contributed by atoms with Gasteiger partial charge in [0.05, 0.1) is 0 Å². The lowest BCUT2D eigenvalue weighted by Gasteiger charge is -2.21. The van der Waals surface area contributed by atoms with E-state index in [1.54, 1.807) is 0 Å². The highest BCUT2D eigenvalue weighted by Crippen LogP contribution is 2.28. The summed E-state index contributed by atoms with van der Waals surface area (Å²) in [5.74, 6) is 0. The molecule has 2 aliphatic rings. The number of fused-ring (bicyclic) bond motifs is 2. The van der Waals surface area contributed by atoms with Crippen LogP contribution in [0.25, 0.3) is 10.9 Å². The number of hydrogen-bond acceptors (Lipinski definition) is 2. The Hall–Kier alpha value is -1.32. The van der Waals surface area contributed by atoms with Gasteiger partial charge in [0.2, 0.25) is 0 Å². The van der Waals surface area contributed by atoms with Crippen LogP contribution < -0.4 is 5.32 Å². The summed E-state index contributed by atoms with van der Waals surface area (Å²) in [6.07, 6.45) is 6.09. The summed E-state index contributed by atoms with van der Waals surface area (Å²) < 4.78 is 0. The van der Waals surface area contributed by atoms with E-state index in [9.17, 15) is 0 Å². The lowest BCUT2D eigenvalue weighted by molar-refractivity contribution is 0.298. The van der Waals surface area contributed by atoms with Gasteiger partial charge in [-0.05, 0) is 48.9 Å². The first kappa shape index (κ1) is 11.5. The van der Waals surface area contributed by atoms with Gasteiger partial charge in [-0.15, -0.1) is 0 Å². The van der Waals surface area contributed by atoms with Crippen molar-refractivity contribution < 1.29 is 0 Å². The lowest BCUT2D eigenvalue weighted by Crippen LogP contribution is -2.38. The van der Waals surface area contributed by atoms with Crippen LogP contribution in [0.5, 0.6) is 0 Å². The minimum absolute atomic E-state index is 0.696. The highest BCUT2D eigenvalue weighted by atomic mass is 15.2. The van der Waals surface area contributed by atoms with Crippen LogP contribution in [0, 0.1) is 0 Å². The molecule has 1 aromatic heterocycles. The fraction of sp³-hybridized carbons (Fsp3) is 0.500. The molecule has 2 aliphatic heterocycles.